The molecule has 124 valence electrons. The Balaban J connectivity index is 1.52. The van der Waals surface area contributed by atoms with Gasteiger partial charge in [0, 0.05) is 12.1 Å². The molecule has 2 aliphatic rings. The maximum atomic E-state index is 12.2. The van der Waals surface area contributed by atoms with Crippen molar-refractivity contribution in [1.82, 2.24) is 5.32 Å². The number of nitrogens with one attached hydrogen (secondary N) is 1. The Hall–Kier alpha value is -1.57. The molecule has 2 saturated carbocycles. The van der Waals surface area contributed by atoms with E-state index in [0.29, 0.717) is 17.9 Å². The van der Waals surface area contributed by atoms with E-state index in [1.807, 2.05) is 6.08 Å². The van der Waals surface area contributed by atoms with E-state index in [-0.39, 0.29) is 5.91 Å². The molecule has 1 aromatic carbocycles. The van der Waals surface area contributed by atoms with Gasteiger partial charge in [0.25, 0.3) is 0 Å². The predicted octanol–water partition coefficient (Wildman–Crippen LogP) is 4.76. The Morgan fingerprint density at radius 2 is 1.87 bits per heavy atom. The van der Waals surface area contributed by atoms with Crippen LogP contribution in [0.5, 0.6) is 0 Å². The standard InChI is InChI=1S/C21H29NO/c1-14(2)18-8-4-16(5-9-18)7-11-21(23)22-15(3)20-13-17-6-10-19(20)12-17/h4-5,7-9,11,14-15,17,19-20H,6,10,12-13H2,1-3H3,(H,22,23)/b11-7+/t15-,17+,19+,20+/m1/s1. The van der Waals surface area contributed by atoms with Crippen molar-refractivity contribution in [2.45, 2.75) is 58.4 Å². The number of hydrogen-bond donors (Lipinski definition) is 1. The van der Waals surface area contributed by atoms with E-state index in [9.17, 15) is 4.79 Å². The Morgan fingerprint density at radius 1 is 1.13 bits per heavy atom. The third-order valence-corrected chi connectivity index (χ3v) is 5.84. The van der Waals surface area contributed by atoms with Crippen LogP contribution in [-0.2, 0) is 4.79 Å². The molecule has 1 amide bonds. The van der Waals surface area contributed by atoms with Crippen molar-refractivity contribution in [3.8, 4) is 0 Å². The Bertz CT molecular complexity index is 572. The highest BCUT2D eigenvalue weighted by atomic mass is 16.1. The quantitative estimate of drug-likeness (QED) is 0.780. The van der Waals surface area contributed by atoms with Gasteiger partial charge in [0.05, 0.1) is 0 Å². The Labute approximate surface area is 140 Å². The SMILES string of the molecule is CC(C)c1ccc(/C=C/C(=O)N[C@H](C)[C@@H]2C[C@H]3CC[C@H]2C3)cc1. The molecule has 0 unspecified atom stereocenters. The maximum absolute atomic E-state index is 12.2. The van der Waals surface area contributed by atoms with Crippen LogP contribution >= 0.6 is 0 Å². The van der Waals surface area contributed by atoms with Crippen LogP contribution in [0, 0.1) is 17.8 Å². The average Bonchev–Trinajstić information content (AvgIpc) is 3.16. The molecule has 0 aromatic heterocycles. The van der Waals surface area contributed by atoms with Crippen molar-refractivity contribution >= 4 is 12.0 Å². The lowest BCUT2D eigenvalue weighted by atomic mass is 9.84. The summed E-state index contributed by atoms with van der Waals surface area (Å²) in [4.78, 5) is 12.2. The molecule has 2 nitrogen and oxygen atoms in total. The zero-order valence-corrected chi connectivity index (χ0v) is 14.6. The van der Waals surface area contributed by atoms with Gasteiger partial charge in [0.15, 0.2) is 0 Å². The molecule has 4 atom stereocenters. The molecule has 3 rings (SSSR count). The average molecular weight is 311 g/mol. The summed E-state index contributed by atoms with van der Waals surface area (Å²) in [5.41, 5.74) is 2.41. The fourth-order valence-corrected chi connectivity index (χ4v) is 4.45. The zero-order chi connectivity index (χ0) is 16.4. The maximum Gasteiger partial charge on any atom is 0.244 e. The minimum absolute atomic E-state index is 0.0354. The molecule has 2 bridgehead atoms. The summed E-state index contributed by atoms with van der Waals surface area (Å²) in [5.74, 6) is 3.05. The monoisotopic (exact) mass is 311 g/mol. The summed E-state index contributed by atoms with van der Waals surface area (Å²) in [6, 6.07) is 8.74. The first-order valence-corrected chi connectivity index (χ1v) is 9.11. The highest BCUT2D eigenvalue weighted by Crippen LogP contribution is 2.49. The molecule has 0 aliphatic heterocycles. The lowest BCUT2D eigenvalue weighted by Gasteiger charge is -2.28. The number of amides is 1. The first-order valence-electron chi connectivity index (χ1n) is 9.11. The lowest BCUT2D eigenvalue weighted by Crippen LogP contribution is -2.39. The van der Waals surface area contributed by atoms with E-state index in [1.54, 1.807) is 6.08 Å². The third kappa shape index (κ3) is 3.85. The van der Waals surface area contributed by atoms with Gasteiger partial charge >= 0.3 is 0 Å². The zero-order valence-electron chi connectivity index (χ0n) is 14.6. The van der Waals surface area contributed by atoms with Gasteiger partial charge in [-0.1, -0.05) is 44.5 Å². The fourth-order valence-electron chi connectivity index (χ4n) is 4.45. The summed E-state index contributed by atoms with van der Waals surface area (Å²) < 4.78 is 0. The topological polar surface area (TPSA) is 29.1 Å². The van der Waals surface area contributed by atoms with Gasteiger partial charge in [-0.15, -0.1) is 0 Å². The van der Waals surface area contributed by atoms with E-state index in [4.69, 9.17) is 0 Å². The van der Waals surface area contributed by atoms with Gasteiger partial charge in [-0.2, -0.15) is 0 Å². The lowest BCUT2D eigenvalue weighted by molar-refractivity contribution is -0.117. The van der Waals surface area contributed by atoms with Gasteiger partial charge in [-0.25, -0.2) is 0 Å². The Kier molecular flexibility index (Phi) is 4.89. The highest BCUT2D eigenvalue weighted by molar-refractivity contribution is 5.91. The van der Waals surface area contributed by atoms with Crippen LogP contribution in [0.1, 0.15) is 63.5 Å². The number of rotatable bonds is 5. The molecule has 1 N–H and O–H groups in total. The van der Waals surface area contributed by atoms with Crippen LogP contribution in [0.25, 0.3) is 6.08 Å². The number of fused-ring (bicyclic) bond motifs is 2. The van der Waals surface area contributed by atoms with Crippen LogP contribution in [0.4, 0.5) is 0 Å². The van der Waals surface area contributed by atoms with Crippen molar-refractivity contribution in [3.05, 3.63) is 41.5 Å². The van der Waals surface area contributed by atoms with Crippen LogP contribution in [0.15, 0.2) is 30.3 Å². The van der Waals surface area contributed by atoms with Crippen molar-refractivity contribution in [2.75, 3.05) is 0 Å². The van der Waals surface area contributed by atoms with Crippen LogP contribution in [0.3, 0.4) is 0 Å². The van der Waals surface area contributed by atoms with E-state index < -0.39 is 0 Å². The molecule has 0 spiro atoms. The fraction of sp³-hybridized carbons (Fsp3) is 0.571. The van der Waals surface area contributed by atoms with Gasteiger partial charge in [-0.05, 0) is 67.1 Å². The van der Waals surface area contributed by atoms with E-state index in [2.05, 4.69) is 50.4 Å². The molecular formula is C21H29NO. The van der Waals surface area contributed by atoms with Crippen LogP contribution < -0.4 is 5.32 Å². The molecular weight excluding hydrogens is 282 g/mol. The van der Waals surface area contributed by atoms with Crippen molar-refractivity contribution in [1.29, 1.82) is 0 Å². The Morgan fingerprint density at radius 3 is 2.43 bits per heavy atom. The first-order chi connectivity index (χ1) is 11.0. The second-order valence-corrected chi connectivity index (χ2v) is 7.79. The summed E-state index contributed by atoms with van der Waals surface area (Å²) in [6.45, 7) is 6.55. The summed E-state index contributed by atoms with van der Waals surface area (Å²) in [5, 5.41) is 3.18. The summed E-state index contributed by atoms with van der Waals surface area (Å²) in [7, 11) is 0. The summed E-state index contributed by atoms with van der Waals surface area (Å²) in [6.07, 6.45) is 9.07. The molecule has 0 saturated heterocycles. The molecule has 0 heterocycles. The third-order valence-electron chi connectivity index (χ3n) is 5.84. The van der Waals surface area contributed by atoms with Crippen LogP contribution in [0.2, 0.25) is 0 Å². The summed E-state index contributed by atoms with van der Waals surface area (Å²) >= 11 is 0. The largest absolute Gasteiger partial charge is 0.350 e. The second kappa shape index (κ2) is 6.90. The molecule has 2 aliphatic carbocycles. The number of hydrogen-bond acceptors (Lipinski definition) is 1. The van der Waals surface area contributed by atoms with E-state index >= 15 is 0 Å². The van der Waals surface area contributed by atoms with E-state index in [1.165, 1.54) is 31.2 Å². The van der Waals surface area contributed by atoms with Crippen molar-refractivity contribution in [2.24, 2.45) is 17.8 Å². The highest BCUT2D eigenvalue weighted by Gasteiger charge is 2.41. The van der Waals surface area contributed by atoms with Crippen molar-refractivity contribution < 1.29 is 4.79 Å². The molecule has 2 fully saturated rings. The smallest absolute Gasteiger partial charge is 0.244 e. The molecule has 2 heteroatoms. The molecule has 0 radical (unpaired) electrons. The van der Waals surface area contributed by atoms with E-state index in [0.717, 1.165) is 17.4 Å². The number of carbonyl (C=O) groups is 1. The van der Waals surface area contributed by atoms with Gasteiger partial charge in [0.2, 0.25) is 5.91 Å². The minimum atomic E-state index is 0.0354. The molecule has 1 aromatic rings. The predicted molar refractivity (Wildman–Crippen MR) is 96.1 cm³/mol. The number of benzene rings is 1. The van der Waals surface area contributed by atoms with Gasteiger partial charge in [-0.3, -0.25) is 4.79 Å². The second-order valence-electron chi connectivity index (χ2n) is 7.79. The van der Waals surface area contributed by atoms with Crippen LogP contribution in [-0.4, -0.2) is 11.9 Å². The normalized spacial score (nSPS) is 27.7. The van der Waals surface area contributed by atoms with Gasteiger partial charge in [0.1, 0.15) is 0 Å². The number of carbonyl (C=O) groups excluding carboxylic acids is 1. The van der Waals surface area contributed by atoms with Gasteiger partial charge < -0.3 is 5.32 Å². The molecule has 23 heavy (non-hydrogen) atoms. The first kappa shape index (κ1) is 16.3. The van der Waals surface area contributed by atoms with Crippen molar-refractivity contribution in [3.63, 3.8) is 0 Å². The minimum Gasteiger partial charge on any atom is -0.350 e.